The lowest BCUT2D eigenvalue weighted by Gasteiger charge is -2.18. The van der Waals surface area contributed by atoms with E-state index in [4.69, 9.17) is 5.11 Å². The van der Waals surface area contributed by atoms with Crippen LogP contribution in [0.25, 0.3) is 0 Å². The van der Waals surface area contributed by atoms with Gasteiger partial charge in [-0.15, -0.1) is 0 Å². The number of carbonyl (C=O) groups is 1. The SMILES string of the molecule is CC1CC1CNC(CCC(=O)O)Cc1ccccc1. The van der Waals surface area contributed by atoms with E-state index in [0.29, 0.717) is 6.42 Å². The second-order valence-corrected chi connectivity index (χ2v) is 5.70. The molecule has 19 heavy (non-hydrogen) atoms. The van der Waals surface area contributed by atoms with Crippen LogP contribution >= 0.6 is 0 Å². The average Bonchev–Trinajstić information content (AvgIpc) is 3.10. The van der Waals surface area contributed by atoms with Gasteiger partial charge in [0.25, 0.3) is 0 Å². The molecule has 1 saturated carbocycles. The van der Waals surface area contributed by atoms with Crippen LogP contribution in [0.15, 0.2) is 30.3 Å². The zero-order chi connectivity index (χ0) is 13.7. The van der Waals surface area contributed by atoms with Gasteiger partial charge < -0.3 is 10.4 Å². The summed E-state index contributed by atoms with van der Waals surface area (Å²) in [6, 6.07) is 10.6. The molecule has 1 aromatic rings. The van der Waals surface area contributed by atoms with Crippen LogP contribution in [0.4, 0.5) is 0 Å². The molecule has 0 spiro atoms. The van der Waals surface area contributed by atoms with Crippen molar-refractivity contribution >= 4 is 5.97 Å². The van der Waals surface area contributed by atoms with E-state index >= 15 is 0 Å². The third-order valence-corrected chi connectivity index (χ3v) is 3.98. The lowest BCUT2D eigenvalue weighted by molar-refractivity contribution is -0.137. The van der Waals surface area contributed by atoms with Crippen molar-refractivity contribution in [2.24, 2.45) is 11.8 Å². The number of nitrogens with one attached hydrogen (secondary N) is 1. The summed E-state index contributed by atoms with van der Waals surface area (Å²) in [5.74, 6) is 0.923. The molecule has 3 heteroatoms. The lowest BCUT2D eigenvalue weighted by atomic mass is 10.0. The van der Waals surface area contributed by atoms with E-state index in [0.717, 1.165) is 24.8 Å². The molecule has 1 fully saturated rings. The molecule has 1 aliphatic rings. The molecule has 0 aromatic heterocycles. The smallest absolute Gasteiger partial charge is 0.303 e. The molecule has 0 heterocycles. The van der Waals surface area contributed by atoms with Crippen molar-refractivity contribution < 1.29 is 9.90 Å². The molecular formula is C16H23NO2. The lowest BCUT2D eigenvalue weighted by Crippen LogP contribution is -2.33. The monoisotopic (exact) mass is 261 g/mol. The Bertz CT molecular complexity index is 404. The van der Waals surface area contributed by atoms with Gasteiger partial charge in [0.2, 0.25) is 0 Å². The molecule has 0 radical (unpaired) electrons. The molecule has 3 unspecified atom stereocenters. The van der Waals surface area contributed by atoms with Crippen LogP contribution in [-0.4, -0.2) is 23.7 Å². The Morgan fingerprint density at radius 1 is 1.42 bits per heavy atom. The van der Waals surface area contributed by atoms with Crippen LogP contribution in [0, 0.1) is 11.8 Å². The Balaban J connectivity index is 1.83. The Morgan fingerprint density at radius 2 is 2.11 bits per heavy atom. The minimum atomic E-state index is -0.709. The zero-order valence-electron chi connectivity index (χ0n) is 11.5. The number of hydrogen-bond acceptors (Lipinski definition) is 2. The van der Waals surface area contributed by atoms with Gasteiger partial charge in [-0.1, -0.05) is 37.3 Å². The van der Waals surface area contributed by atoms with Gasteiger partial charge in [-0.2, -0.15) is 0 Å². The van der Waals surface area contributed by atoms with Crippen molar-refractivity contribution in [2.75, 3.05) is 6.54 Å². The second-order valence-electron chi connectivity index (χ2n) is 5.70. The Labute approximate surface area is 115 Å². The van der Waals surface area contributed by atoms with Crippen molar-refractivity contribution in [1.82, 2.24) is 5.32 Å². The minimum Gasteiger partial charge on any atom is -0.481 e. The maximum Gasteiger partial charge on any atom is 0.303 e. The van der Waals surface area contributed by atoms with Crippen LogP contribution in [-0.2, 0) is 11.2 Å². The number of hydrogen-bond donors (Lipinski definition) is 2. The van der Waals surface area contributed by atoms with Crippen molar-refractivity contribution in [3.63, 3.8) is 0 Å². The minimum absolute atomic E-state index is 0.241. The Morgan fingerprint density at radius 3 is 2.68 bits per heavy atom. The van der Waals surface area contributed by atoms with E-state index in [2.05, 4.69) is 24.4 Å². The van der Waals surface area contributed by atoms with E-state index in [9.17, 15) is 4.79 Å². The van der Waals surface area contributed by atoms with Crippen LogP contribution in [0.1, 0.15) is 31.7 Å². The number of benzene rings is 1. The molecule has 0 amide bonds. The van der Waals surface area contributed by atoms with Crippen molar-refractivity contribution in [2.45, 2.75) is 38.6 Å². The summed E-state index contributed by atoms with van der Waals surface area (Å²) in [4.78, 5) is 10.7. The first-order valence-electron chi connectivity index (χ1n) is 7.14. The van der Waals surface area contributed by atoms with Crippen molar-refractivity contribution in [3.05, 3.63) is 35.9 Å². The fraction of sp³-hybridized carbons (Fsp3) is 0.562. The topological polar surface area (TPSA) is 49.3 Å². The summed E-state index contributed by atoms with van der Waals surface area (Å²) < 4.78 is 0. The fourth-order valence-corrected chi connectivity index (χ4v) is 2.47. The third-order valence-electron chi connectivity index (χ3n) is 3.98. The van der Waals surface area contributed by atoms with Gasteiger partial charge in [-0.05, 0) is 43.2 Å². The second kappa shape index (κ2) is 6.71. The first-order valence-corrected chi connectivity index (χ1v) is 7.14. The molecule has 104 valence electrons. The van der Waals surface area contributed by atoms with Gasteiger partial charge in [-0.3, -0.25) is 4.79 Å². The van der Waals surface area contributed by atoms with Crippen LogP contribution in [0.5, 0.6) is 0 Å². The molecular weight excluding hydrogens is 238 g/mol. The normalized spacial score (nSPS) is 23.0. The highest BCUT2D eigenvalue weighted by Gasteiger charge is 2.32. The number of carboxylic acid groups (broad SMARTS) is 1. The van der Waals surface area contributed by atoms with E-state index < -0.39 is 5.97 Å². The maximum absolute atomic E-state index is 10.7. The molecule has 1 aromatic carbocycles. The molecule has 2 rings (SSSR count). The highest BCUT2D eigenvalue weighted by atomic mass is 16.4. The first-order chi connectivity index (χ1) is 9.15. The van der Waals surface area contributed by atoms with Crippen LogP contribution in [0.3, 0.4) is 0 Å². The Hall–Kier alpha value is -1.35. The van der Waals surface area contributed by atoms with Crippen molar-refractivity contribution in [3.8, 4) is 0 Å². The van der Waals surface area contributed by atoms with E-state index in [1.165, 1.54) is 12.0 Å². The van der Waals surface area contributed by atoms with Crippen molar-refractivity contribution in [1.29, 1.82) is 0 Å². The predicted molar refractivity (Wildman–Crippen MR) is 76.1 cm³/mol. The van der Waals surface area contributed by atoms with Crippen LogP contribution < -0.4 is 5.32 Å². The first kappa shape index (κ1) is 14.1. The fourth-order valence-electron chi connectivity index (χ4n) is 2.47. The highest BCUT2D eigenvalue weighted by molar-refractivity contribution is 5.66. The maximum atomic E-state index is 10.7. The van der Waals surface area contributed by atoms with Gasteiger partial charge in [0.05, 0.1) is 0 Å². The van der Waals surface area contributed by atoms with Gasteiger partial charge in [0.1, 0.15) is 0 Å². The summed E-state index contributed by atoms with van der Waals surface area (Å²) in [6.07, 6.45) is 3.16. The summed E-state index contributed by atoms with van der Waals surface area (Å²) in [5.41, 5.74) is 1.27. The van der Waals surface area contributed by atoms with Gasteiger partial charge in [0, 0.05) is 12.5 Å². The zero-order valence-corrected chi connectivity index (χ0v) is 11.5. The standard InChI is InChI=1S/C16H23NO2/c1-12-9-14(12)11-17-15(7-8-16(18)19)10-13-5-3-2-4-6-13/h2-6,12,14-15,17H,7-11H2,1H3,(H,18,19). The van der Waals surface area contributed by atoms with E-state index in [-0.39, 0.29) is 12.5 Å². The summed E-state index contributed by atoms with van der Waals surface area (Å²) in [6.45, 7) is 3.30. The molecule has 3 atom stereocenters. The molecule has 0 bridgehead atoms. The van der Waals surface area contributed by atoms with Gasteiger partial charge >= 0.3 is 5.97 Å². The molecule has 0 aliphatic heterocycles. The van der Waals surface area contributed by atoms with E-state index in [1.54, 1.807) is 0 Å². The van der Waals surface area contributed by atoms with E-state index in [1.807, 2.05) is 18.2 Å². The summed E-state index contributed by atoms with van der Waals surface area (Å²) in [7, 11) is 0. The molecule has 2 N–H and O–H groups in total. The largest absolute Gasteiger partial charge is 0.481 e. The Kier molecular flexibility index (Phi) is 4.97. The quantitative estimate of drug-likeness (QED) is 0.756. The molecule has 1 aliphatic carbocycles. The molecule has 3 nitrogen and oxygen atoms in total. The third kappa shape index (κ3) is 5.03. The number of rotatable bonds is 8. The summed E-state index contributed by atoms with van der Waals surface area (Å²) in [5, 5.41) is 12.4. The number of carboxylic acids is 1. The van der Waals surface area contributed by atoms with Gasteiger partial charge in [-0.25, -0.2) is 0 Å². The molecule has 0 saturated heterocycles. The average molecular weight is 261 g/mol. The van der Waals surface area contributed by atoms with Gasteiger partial charge in [0.15, 0.2) is 0 Å². The summed E-state index contributed by atoms with van der Waals surface area (Å²) >= 11 is 0. The number of aliphatic carboxylic acids is 1. The van der Waals surface area contributed by atoms with Crippen LogP contribution in [0.2, 0.25) is 0 Å². The predicted octanol–water partition coefficient (Wildman–Crippen LogP) is 2.71. The highest BCUT2D eigenvalue weighted by Crippen LogP contribution is 2.36.